The average Bonchev–Trinajstić information content (AvgIpc) is 3.26. The Kier molecular flexibility index (Phi) is 6.22. The number of aromatic nitrogens is 2. The van der Waals surface area contributed by atoms with Gasteiger partial charge in [-0.25, -0.2) is 0 Å². The van der Waals surface area contributed by atoms with Crippen molar-refractivity contribution in [2.75, 3.05) is 19.3 Å². The fraction of sp³-hybridized carbons (Fsp3) is 0.778. The third-order valence-corrected chi connectivity index (χ3v) is 6.39. The molecule has 1 aromatic rings. The van der Waals surface area contributed by atoms with E-state index in [9.17, 15) is 4.79 Å². The van der Waals surface area contributed by atoms with Crippen molar-refractivity contribution in [2.45, 2.75) is 63.9 Å². The third kappa shape index (κ3) is 4.54. The minimum absolute atomic E-state index is 0.214. The molecular formula is C18H30N4OS. The Morgan fingerprint density at radius 3 is 2.96 bits per heavy atom. The molecule has 1 aromatic heterocycles. The fourth-order valence-electron chi connectivity index (χ4n) is 3.65. The Bertz CT molecular complexity index is 553. The van der Waals surface area contributed by atoms with Gasteiger partial charge in [-0.3, -0.25) is 14.4 Å². The van der Waals surface area contributed by atoms with Gasteiger partial charge < -0.3 is 5.32 Å². The highest BCUT2D eigenvalue weighted by molar-refractivity contribution is 7.99. The van der Waals surface area contributed by atoms with E-state index in [2.05, 4.69) is 39.2 Å². The summed E-state index contributed by atoms with van der Waals surface area (Å²) in [6.45, 7) is 7.03. The first-order valence-electron chi connectivity index (χ1n) is 9.24. The van der Waals surface area contributed by atoms with E-state index in [0.29, 0.717) is 6.54 Å². The van der Waals surface area contributed by atoms with Crippen LogP contribution in [-0.4, -0.2) is 45.2 Å². The molecule has 1 atom stereocenters. The van der Waals surface area contributed by atoms with Crippen LogP contribution in [0.1, 0.15) is 50.4 Å². The van der Waals surface area contributed by atoms with Crippen LogP contribution in [-0.2, 0) is 24.4 Å². The maximum atomic E-state index is 12.1. The first-order valence-corrected chi connectivity index (χ1v) is 10.5. The molecule has 0 aromatic carbocycles. The Labute approximate surface area is 149 Å². The van der Waals surface area contributed by atoms with E-state index in [-0.39, 0.29) is 11.8 Å². The highest BCUT2D eigenvalue weighted by Crippen LogP contribution is 2.24. The van der Waals surface area contributed by atoms with Crippen LogP contribution < -0.4 is 5.32 Å². The van der Waals surface area contributed by atoms with Gasteiger partial charge in [0.25, 0.3) is 0 Å². The lowest BCUT2D eigenvalue weighted by molar-refractivity contribution is -0.124. The van der Waals surface area contributed by atoms with Crippen molar-refractivity contribution >= 4 is 17.7 Å². The monoisotopic (exact) mass is 350 g/mol. The zero-order chi connectivity index (χ0) is 16.9. The smallest absolute Gasteiger partial charge is 0.223 e. The number of rotatable bonds is 7. The van der Waals surface area contributed by atoms with Crippen molar-refractivity contribution in [3.8, 4) is 0 Å². The van der Waals surface area contributed by atoms with Crippen molar-refractivity contribution in [1.29, 1.82) is 0 Å². The number of amides is 1. The number of carbonyl (C=O) groups is 1. The minimum atomic E-state index is 0.214. The van der Waals surface area contributed by atoms with E-state index in [1.165, 1.54) is 25.0 Å². The van der Waals surface area contributed by atoms with Crippen LogP contribution in [0.3, 0.4) is 0 Å². The van der Waals surface area contributed by atoms with Gasteiger partial charge in [-0.2, -0.15) is 16.9 Å². The van der Waals surface area contributed by atoms with Crippen molar-refractivity contribution in [1.82, 2.24) is 20.0 Å². The van der Waals surface area contributed by atoms with E-state index in [1.54, 1.807) is 0 Å². The highest BCUT2D eigenvalue weighted by Gasteiger charge is 2.23. The predicted molar refractivity (Wildman–Crippen MR) is 98.9 cm³/mol. The molecule has 24 heavy (non-hydrogen) atoms. The number of thioether (sulfide) groups is 1. The van der Waals surface area contributed by atoms with E-state index >= 15 is 0 Å². The average molecular weight is 351 g/mol. The molecule has 0 bridgehead atoms. The molecule has 6 heteroatoms. The molecule has 1 amide bonds. The van der Waals surface area contributed by atoms with Gasteiger partial charge in [-0.15, -0.1) is 0 Å². The molecule has 0 unspecified atom stereocenters. The summed E-state index contributed by atoms with van der Waals surface area (Å²) in [6.07, 6.45) is 7.91. The number of nitrogens with zero attached hydrogens (tertiary/aromatic N) is 3. The van der Waals surface area contributed by atoms with Gasteiger partial charge in [0.2, 0.25) is 5.91 Å². The van der Waals surface area contributed by atoms with E-state index in [4.69, 9.17) is 0 Å². The predicted octanol–water partition coefficient (Wildman–Crippen LogP) is 2.65. The Morgan fingerprint density at radius 1 is 1.42 bits per heavy atom. The minimum Gasteiger partial charge on any atom is -0.350 e. The quantitative estimate of drug-likeness (QED) is 0.821. The van der Waals surface area contributed by atoms with E-state index in [1.807, 2.05) is 11.8 Å². The summed E-state index contributed by atoms with van der Waals surface area (Å²) >= 11 is 1.94. The van der Waals surface area contributed by atoms with Crippen LogP contribution in [0.15, 0.2) is 6.07 Å². The SMILES string of the molecule is CS[C@H](C)CCN1CCn2nc(CNC(=O)C3CCCC3)cc2C1. The van der Waals surface area contributed by atoms with Crippen molar-refractivity contribution in [2.24, 2.45) is 5.92 Å². The lowest BCUT2D eigenvalue weighted by Crippen LogP contribution is -2.35. The van der Waals surface area contributed by atoms with Crippen LogP contribution in [0.2, 0.25) is 0 Å². The maximum Gasteiger partial charge on any atom is 0.223 e. The maximum absolute atomic E-state index is 12.1. The first kappa shape index (κ1) is 17.8. The van der Waals surface area contributed by atoms with Gasteiger partial charge in [0.05, 0.1) is 24.5 Å². The molecule has 3 rings (SSSR count). The summed E-state index contributed by atoms with van der Waals surface area (Å²) in [5.74, 6) is 0.447. The lowest BCUT2D eigenvalue weighted by Gasteiger charge is -2.28. The molecule has 1 aliphatic heterocycles. The Balaban J connectivity index is 1.48. The molecule has 2 heterocycles. The molecule has 1 N–H and O–H groups in total. The number of nitrogens with one attached hydrogen (secondary N) is 1. The molecule has 1 fully saturated rings. The van der Waals surface area contributed by atoms with Crippen LogP contribution in [0.4, 0.5) is 0 Å². The summed E-state index contributed by atoms with van der Waals surface area (Å²) in [5.41, 5.74) is 2.28. The normalized spacial score (nSPS) is 20.1. The summed E-state index contributed by atoms with van der Waals surface area (Å²) in [4.78, 5) is 14.7. The zero-order valence-electron chi connectivity index (χ0n) is 15.0. The van der Waals surface area contributed by atoms with Crippen LogP contribution in [0.25, 0.3) is 0 Å². The second kappa shape index (κ2) is 8.39. The van der Waals surface area contributed by atoms with Gasteiger partial charge in [0, 0.05) is 24.3 Å². The zero-order valence-corrected chi connectivity index (χ0v) is 15.8. The summed E-state index contributed by atoms with van der Waals surface area (Å²) in [5, 5.41) is 8.46. The van der Waals surface area contributed by atoms with Crippen molar-refractivity contribution in [3.05, 3.63) is 17.5 Å². The lowest BCUT2D eigenvalue weighted by atomic mass is 10.1. The van der Waals surface area contributed by atoms with Crippen LogP contribution in [0, 0.1) is 5.92 Å². The number of fused-ring (bicyclic) bond motifs is 1. The molecule has 0 saturated heterocycles. The fourth-order valence-corrected chi connectivity index (χ4v) is 3.99. The molecule has 2 aliphatic rings. The molecule has 1 aliphatic carbocycles. The van der Waals surface area contributed by atoms with Gasteiger partial charge >= 0.3 is 0 Å². The highest BCUT2D eigenvalue weighted by atomic mass is 32.2. The summed E-state index contributed by atoms with van der Waals surface area (Å²) in [6, 6.07) is 2.17. The Hall–Kier alpha value is -1.01. The standard InChI is InChI=1S/C18H30N4OS/c1-14(24-2)7-8-21-9-10-22-17(13-21)11-16(20-22)12-19-18(23)15-5-3-4-6-15/h11,14-15H,3-10,12-13H2,1-2H3,(H,19,23)/t14-/m1/s1. The first-order chi connectivity index (χ1) is 11.7. The molecular weight excluding hydrogens is 320 g/mol. The Morgan fingerprint density at radius 2 is 2.21 bits per heavy atom. The van der Waals surface area contributed by atoms with Crippen molar-refractivity contribution in [3.63, 3.8) is 0 Å². The second-order valence-electron chi connectivity index (χ2n) is 7.16. The van der Waals surface area contributed by atoms with Gasteiger partial charge in [0.1, 0.15) is 0 Å². The van der Waals surface area contributed by atoms with Crippen LogP contribution >= 0.6 is 11.8 Å². The number of hydrogen-bond acceptors (Lipinski definition) is 4. The topological polar surface area (TPSA) is 50.2 Å². The van der Waals surface area contributed by atoms with E-state index < -0.39 is 0 Å². The molecule has 5 nitrogen and oxygen atoms in total. The number of carbonyl (C=O) groups excluding carboxylic acids is 1. The largest absolute Gasteiger partial charge is 0.350 e. The van der Waals surface area contributed by atoms with Gasteiger partial charge in [0.15, 0.2) is 0 Å². The van der Waals surface area contributed by atoms with Crippen molar-refractivity contribution < 1.29 is 4.79 Å². The molecule has 1 saturated carbocycles. The summed E-state index contributed by atoms with van der Waals surface area (Å²) < 4.78 is 2.12. The van der Waals surface area contributed by atoms with E-state index in [0.717, 1.165) is 50.0 Å². The second-order valence-corrected chi connectivity index (χ2v) is 8.44. The van der Waals surface area contributed by atoms with Gasteiger partial charge in [-0.1, -0.05) is 19.8 Å². The van der Waals surface area contributed by atoms with Gasteiger partial charge in [-0.05, 0) is 38.1 Å². The van der Waals surface area contributed by atoms with Crippen LogP contribution in [0.5, 0.6) is 0 Å². The third-order valence-electron chi connectivity index (χ3n) is 5.35. The number of hydrogen-bond donors (Lipinski definition) is 1. The molecule has 134 valence electrons. The summed E-state index contributed by atoms with van der Waals surface area (Å²) in [7, 11) is 0. The molecule has 0 radical (unpaired) electrons. The molecule has 0 spiro atoms.